The molecule has 6 aromatic heterocycles. The van der Waals surface area contributed by atoms with Gasteiger partial charge in [-0.3, -0.25) is 14.2 Å². The van der Waals surface area contributed by atoms with Crippen LogP contribution in [0, 0.1) is 33.5 Å². The third-order valence-corrected chi connectivity index (χ3v) is 9.50. The zero-order valence-corrected chi connectivity index (χ0v) is 34.2. The molecule has 0 fully saturated rings. The van der Waals surface area contributed by atoms with E-state index in [-0.39, 0.29) is 11.6 Å². The average molecular weight is 787 g/mol. The molecular weight excluding hydrogens is 745 g/mol. The van der Waals surface area contributed by atoms with Gasteiger partial charge in [-0.15, -0.1) is 0 Å². The fourth-order valence-electron chi connectivity index (χ4n) is 6.56. The van der Waals surface area contributed by atoms with Gasteiger partial charge in [-0.25, -0.2) is 24.7 Å². The van der Waals surface area contributed by atoms with Gasteiger partial charge < -0.3 is 19.7 Å². The molecule has 0 saturated carbocycles. The van der Waals surface area contributed by atoms with E-state index in [4.69, 9.17) is 20.0 Å². The number of nitrogens with one attached hydrogen (secondary N) is 3. The molecule has 0 radical (unpaired) electrons. The Kier molecular flexibility index (Phi) is 9.77. The highest BCUT2D eigenvalue weighted by molar-refractivity contribution is 6.10. The minimum absolute atomic E-state index is 0.0147. The van der Waals surface area contributed by atoms with Crippen LogP contribution < -0.4 is 0 Å². The van der Waals surface area contributed by atoms with Crippen LogP contribution in [0.25, 0.3) is 66.6 Å². The number of fused-ring (bicyclic) bond motifs is 4. The lowest BCUT2D eigenvalue weighted by Gasteiger charge is -2.19. The summed E-state index contributed by atoms with van der Waals surface area (Å²) in [6.07, 6.45) is 9.49. The Balaban J connectivity index is 0.000000184. The van der Waals surface area contributed by atoms with E-state index in [1.54, 1.807) is 76.0 Å². The molecule has 0 bridgehead atoms. The van der Waals surface area contributed by atoms with E-state index in [9.17, 15) is 19.6 Å². The number of rotatable bonds is 4. The molecule has 0 aliphatic heterocycles. The van der Waals surface area contributed by atoms with E-state index < -0.39 is 22.5 Å². The third kappa shape index (κ3) is 7.68. The SMILES string of the molecule is CC(C)(C)C(=O)c1c[nH]c2ncc(-c3c[nH]c4ccc(C#N)cc34)nc12.CC(C)(C)OC(=O)n1cc(-c2cnc3[nH]cc(C(=O)C(C)(C)C)c3n2)c2cc(C#N)ccc21. The predicted molar refractivity (Wildman–Crippen MR) is 225 cm³/mol. The van der Waals surface area contributed by atoms with Crippen LogP contribution in [0.5, 0.6) is 0 Å². The number of carbonyl (C=O) groups excluding carboxylic acids is 3. The maximum atomic E-state index is 12.9. The number of ether oxygens (including phenoxy) is 1. The van der Waals surface area contributed by atoms with Gasteiger partial charge in [-0.2, -0.15) is 10.5 Å². The number of H-pyrrole nitrogens is 3. The lowest BCUT2D eigenvalue weighted by molar-refractivity contribution is 0.0544. The molecule has 0 aliphatic carbocycles. The number of ketones is 2. The number of hydrogen-bond donors (Lipinski definition) is 3. The molecular formula is C45H42N10O4. The Bertz CT molecular complexity index is 3070. The van der Waals surface area contributed by atoms with Crippen LogP contribution in [0.1, 0.15) is 94.2 Å². The minimum atomic E-state index is -0.674. The molecule has 14 heteroatoms. The van der Waals surface area contributed by atoms with Crippen LogP contribution in [0.3, 0.4) is 0 Å². The first-order chi connectivity index (χ1) is 27.8. The van der Waals surface area contributed by atoms with Crippen LogP contribution in [0.15, 0.2) is 73.6 Å². The Hall–Kier alpha value is -7.45. The summed E-state index contributed by atoms with van der Waals surface area (Å²) in [5.74, 6) is -0.0379. The van der Waals surface area contributed by atoms with Gasteiger partial charge in [-0.05, 0) is 57.2 Å². The molecule has 3 N–H and O–H groups in total. The van der Waals surface area contributed by atoms with Gasteiger partial charge in [0, 0.05) is 63.0 Å². The summed E-state index contributed by atoms with van der Waals surface area (Å²) >= 11 is 0. The van der Waals surface area contributed by atoms with E-state index >= 15 is 0 Å². The van der Waals surface area contributed by atoms with Crippen molar-refractivity contribution in [2.24, 2.45) is 10.8 Å². The van der Waals surface area contributed by atoms with Gasteiger partial charge in [0.15, 0.2) is 22.9 Å². The zero-order valence-electron chi connectivity index (χ0n) is 34.2. The fourth-order valence-corrected chi connectivity index (χ4v) is 6.56. The zero-order chi connectivity index (χ0) is 42.6. The average Bonchev–Trinajstić information content (AvgIpc) is 3.98. The van der Waals surface area contributed by atoms with E-state index in [1.165, 1.54) is 4.57 Å². The predicted octanol–water partition coefficient (Wildman–Crippen LogP) is 9.67. The van der Waals surface area contributed by atoms with Gasteiger partial charge in [0.25, 0.3) is 0 Å². The summed E-state index contributed by atoms with van der Waals surface area (Å²) in [5, 5.41) is 20.1. The van der Waals surface area contributed by atoms with Crippen LogP contribution >= 0.6 is 0 Å². The third-order valence-electron chi connectivity index (χ3n) is 9.50. The van der Waals surface area contributed by atoms with E-state index in [2.05, 4.69) is 37.1 Å². The van der Waals surface area contributed by atoms with Crippen molar-refractivity contribution < 1.29 is 19.1 Å². The molecule has 0 aliphatic rings. The smallest absolute Gasteiger partial charge is 0.419 e. The lowest BCUT2D eigenvalue weighted by Crippen LogP contribution is -2.26. The Labute approximate surface area is 339 Å². The molecule has 8 rings (SSSR count). The highest BCUT2D eigenvalue weighted by atomic mass is 16.6. The largest absolute Gasteiger partial charge is 0.443 e. The minimum Gasteiger partial charge on any atom is -0.443 e. The van der Waals surface area contributed by atoms with E-state index in [0.717, 1.165) is 16.5 Å². The number of benzene rings is 2. The summed E-state index contributed by atoms with van der Waals surface area (Å²) in [5.41, 5.74) is 6.47. The summed E-state index contributed by atoms with van der Waals surface area (Å²) in [7, 11) is 0. The molecule has 8 aromatic rings. The van der Waals surface area contributed by atoms with Crippen molar-refractivity contribution in [3.8, 4) is 34.7 Å². The van der Waals surface area contributed by atoms with Crippen molar-refractivity contribution in [3.05, 3.63) is 95.8 Å². The summed E-state index contributed by atoms with van der Waals surface area (Å²) in [6.45, 7) is 16.6. The number of nitrogens with zero attached hydrogens (tertiary/aromatic N) is 7. The Morgan fingerprint density at radius 2 is 1.17 bits per heavy atom. The number of aromatic amines is 3. The highest BCUT2D eigenvalue weighted by Crippen LogP contribution is 2.34. The van der Waals surface area contributed by atoms with Gasteiger partial charge in [0.1, 0.15) is 16.6 Å². The molecule has 59 heavy (non-hydrogen) atoms. The van der Waals surface area contributed by atoms with Crippen molar-refractivity contribution in [1.29, 1.82) is 10.5 Å². The van der Waals surface area contributed by atoms with Crippen LogP contribution in [-0.4, -0.2) is 62.7 Å². The molecule has 14 nitrogen and oxygen atoms in total. The first kappa shape index (κ1) is 39.8. The number of aromatic nitrogens is 8. The van der Waals surface area contributed by atoms with Crippen LogP contribution in [0.4, 0.5) is 4.79 Å². The Morgan fingerprint density at radius 3 is 1.68 bits per heavy atom. The highest BCUT2D eigenvalue weighted by Gasteiger charge is 2.29. The quantitative estimate of drug-likeness (QED) is 0.144. The monoisotopic (exact) mass is 786 g/mol. The Morgan fingerprint density at radius 1 is 0.661 bits per heavy atom. The second-order valence-electron chi connectivity index (χ2n) is 17.3. The van der Waals surface area contributed by atoms with Crippen LogP contribution in [0.2, 0.25) is 0 Å². The van der Waals surface area contributed by atoms with Gasteiger partial charge in [-0.1, -0.05) is 41.5 Å². The molecule has 6 heterocycles. The maximum absolute atomic E-state index is 12.9. The number of hydrogen-bond acceptors (Lipinski definition) is 10. The van der Waals surface area contributed by atoms with E-state index in [0.29, 0.717) is 72.4 Å². The number of carbonyl (C=O) groups is 3. The molecule has 0 saturated heterocycles. The van der Waals surface area contributed by atoms with Gasteiger partial charge in [0.05, 0.1) is 63.7 Å². The molecule has 0 atom stereocenters. The van der Waals surface area contributed by atoms with Gasteiger partial charge in [0.2, 0.25) is 0 Å². The summed E-state index contributed by atoms with van der Waals surface area (Å²) < 4.78 is 6.96. The summed E-state index contributed by atoms with van der Waals surface area (Å²) in [4.78, 5) is 66.0. The lowest BCUT2D eigenvalue weighted by atomic mass is 9.87. The van der Waals surface area contributed by atoms with Crippen LogP contribution in [-0.2, 0) is 4.74 Å². The molecule has 0 spiro atoms. The molecule has 296 valence electrons. The first-order valence-electron chi connectivity index (χ1n) is 18.9. The summed E-state index contributed by atoms with van der Waals surface area (Å²) in [6, 6.07) is 14.8. The number of nitriles is 2. The maximum Gasteiger partial charge on any atom is 0.419 e. The van der Waals surface area contributed by atoms with Crippen molar-refractivity contribution >= 4 is 61.8 Å². The molecule has 0 unspecified atom stereocenters. The molecule has 0 amide bonds. The second kappa shape index (κ2) is 14.5. The number of Topliss-reactive ketones (excluding diaryl/α,β-unsaturated/α-hetero) is 2. The fraction of sp³-hybridized carbons (Fsp3) is 0.267. The molecule has 2 aromatic carbocycles. The normalized spacial score (nSPS) is 12.0. The topological polar surface area (TPSA) is 212 Å². The standard InChI is InChI=1S/C25H25N5O3.C20H17N5O/c1-24(2,3)21(31)16-11-27-22-20(16)29-18(12-28-22)17-13-30(23(32)33-25(4,5)6)19-8-7-14(10-26)9-15(17)19;1-20(2,3)18(26)14-9-23-19-17(14)25-16(10-24-19)13-8-22-15-5-4-11(7-21)6-12(13)15/h7-9,11-13H,1-6H3,(H,27,28);4-6,8-10,22H,1-3H3,(H,23,24). The van der Waals surface area contributed by atoms with Crippen molar-refractivity contribution in [2.45, 2.75) is 67.9 Å². The van der Waals surface area contributed by atoms with Crippen molar-refractivity contribution in [3.63, 3.8) is 0 Å². The van der Waals surface area contributed by atoms with E-state index in [1.807, 2.05) is 59.9 Å². The van der Waals surface area contributed by atoms with Crippen molar-refractivity contribution in [1.82, 2.24) is 39.5 Å². The second-order valence-corrected chi connectivity index (χ2v) is 17.3. The first-order valence-corrected chi connectivity index (χ1v) is 18.9. The van der Waals surface area contributed by atoms with Crippen molar-refractivity contribution in [2.75, 3.05) is 0 Å². The van der Waals surface area contributed by atoms with Gasteiger partial charge >= 0.3 is 6.09 Å².